The number of nitrogens with one attached hydrogen (secondary N) is 1. The van der Waals surface area contributed by atoms with E-state index in [2.05, 4.69) is 10.2 Å². The van der Waals surface area contributed by atoms with Crippen LogP contribution in [0.2, 0.25) is 0 Å². The van der Waals surface area contributed by atoms with Gasteiger partial charge in [0.25, 0.3) is 0 Å². The molecule has 2 heterocycles. The van der Waals surface area contributed by atoms with Crippen LogP contribution in [0.5, 0.6) is 5.75 Å². The Balaban J connectivity index is 1.54. The summed E-state index contributed by atoms with van der Waals surface area (Å²) in [6.45, 7) is 5.65. The summed E-state index contributed by atoms with van der Waals surface area (Å²) >= 11 is 0. The van der Waals surface area contributed by atoms with Crippen molar-refractivity contribution >= 4 is 5.91 Å². The van der Waals surface area contributed by atoms with Crippen LogP contribution in [-0.2, 0) is 20.7 Å². The van der Waals surface area contributed by atoms with Crippen molar-refractivity contribution < 1.29 is 19.0 Å². The van der Waals surface area contributed by atoms with Crippen LogP contribution in [0.25, 0.3) is 0 Å². The van der Waals surface area contributed by atoms with Gasteiger partial charge in [-0.3, -0.25) is 9.69 Å². The van der Waals surface area contributed by atoms with Crippen molar-refractivity contribution in [3.05, 3.63) is 29.8 Å². The van der Waals surface area contributed by atoms with Gasteiger partial charge in [0.1, 0.15) is 5.75 Å². The van der Waals surface area contributed by atoms with Crippen molar-refractivity contribution in [2.75, 3.05) is 53.2 Å². The summed E-state index contributed by atoms with van der Waals surface area (Å²) in [7, 11) is 1.63. The molecule has 2 fully saturated rings. The second kappa shape index (κ2) is 9.17. The van der Waals surface area contributed by atoms with Gasteiger partial charge in [0.05, 0.1) is 33.4 Å². The summed E-state index contributed by atoms with van der Waals surface area (Å²) in [6, 6.07) is 7.97. The normalized spacial score (nSPS) is 22.5. The van der Waals surface area contributed by atoms with E-state index < -0.39 is 0 Å². The van der Waals surface area contributed by atoms with Crippen molar-refractivity contribution in [3.63, 3.8) is 0 Å². The molecule has 2 aliphatic heterocycles. The molecule has 0 bridgehead atoms. The first kappa shape index (κ1) is 18.2. The average Bonchev–Trinajstić information content (AvgIpc) is 3.17. The molecular formula is C19H28N2O4. The molecule has 2 saturated heterocycles. The number of morpholine rings is 1. The van der Waals surface area contributed by atoms with E-state index in [1.165, 1.54) is 0 Å². The lowest BCUT2D eigenvalue weighted by Crippen LogP contribution is -2.52. The molecule has 0 radical (unpaired) electrons. The smallest absolute Gasteiger partial charge is 0.224 e. The molecule has 0 spiro atoms. The summed E-state index contributed by atoms with van der Waals surface area (Å²) in [5.74, 6) is 1.31. The van der Waals surface area contributed by atoms with Gasteiger partial charge in [-0.15, -0.1) is 0 Å². The lowest BCUT2D eigenvalue weighted by Gasteiger charge is -2.37. The summed E-state index contributed by atoms with van der Waals surface area (Å²) in [6.07, 6.45) is 1.43. The minimum Gasteiger partial charge on any atom is -0.497 e. The Morgan fingerprint density at radius 1 is 1.32 bits per heavy atom. The Hall–Kier alpha value is -1.63. The minimum absolute atomic E-state index is 0.0467. The maximum atomic E-state index is 12.4. The molecule has 138 valence electrons. The number of methoxy groups -OCH3 is 1. The number of ether oxygens (including phenoxy) is 3. The SMILES string of the molecule is COc1cccc(CC(=O)NC[C@H]([C@@H]2CCOC2)N2CCOCC2)c1. The van der Waals surface area contributed by atoms with Gasteiger partial charge in [0.15, 0.2) is 0 Å². The number of rotatable bonds is 7. The monoisotopic (exact) mass is 348 g/mol. The molecule has 0 saturated carbocycles. The van der Waals surface area contributed by atoms with Crippen LogP contribution in [-0.4, -0.2) is 70.0 Å². The Labute approximate surface area is 149 Å². The molecule has 2 atom stereocenters. The largest absolute Gasteiger partial charge is 0.497 e. The number of hydrogen-bond acceptors (Lipinski definition) is 5. The van der Waals surface area contributed by atoms with E-state index in [-0.39, 0.29) is 5.91 Å². The fourth-order valence-corrected chi connectivity index (χ4v) is 3.61. The molecule has 1 aromatic rings. The lowest BCUT2D eigenvalue weighted by molar-refractivity contribution is -0.120. The van der Waals surface area contributed by atoms with E-state index in [0.717, 1.165) is 57.3 Å². The molecule has 25 heavy (non-hydrogen) atoms. The summed E-state index contributed by atoms with van der Waals surface area (Å²) < 4.78 is 16.3. The molecule has 3 rings (SSSR count). The van der Waals surface area contributed by atoms with Crippen LogP contribution < -0.4 is 10.1 Å². The van der Waals surface area contributed by atoms with Gasteiger partial charge in [0.2, 0.25) is 5.91 Å². The highest BCUT2D eigenvalue weighted by molar-refractivity contribution is 5.78. The second-order valence-electron chi connectivity index (χ2n) is 6.67. The molecule has 2 aliphatic rings. The summed E-state index contributed by atoms with van der Waals surface area (Å²) in [4.78, 5) is 14.8. The highest BCUT2D eigenvalue weighted by atomic mass is 16.5. The van der Waals surface area contributed by atoms with Crippen LogP contribution in [0.3, 0.4) is 0 Å². The molecule has 0 aliphatic carbocycles. The van der Waals surface area contributed by atoms with E-state index in [4.69, 9.17) is 14.2 Å². The van der Waals surface area contributed by atoms with Crippen molar-refractivity contribution in [1.29, 1.82) is 0 Å². The minimum atomic E-state index is 0.0467. The Morgan fingerprint density at radius 2 is 2.16 bits per heavy atom. The van der Waals surface area contributed by atoms with E-state index in [1.807, 2.05) is 24.3 Å². The van der Waals surface area contributed by atoms with Crippen LogP contribution in [0.4, 0.5) is 0 Å². The van der Waals surface area contributed by atoms with Crippen molar-refractivity contribution in [2.24, 2.45) is 5.92 Å². The molecule has 6 heteroatoms. The van der Waals surface area contributed by atoms with Crippen LogP contribution in [0.1, 0.15) is 12.0 Å². The first-order chi connectivity index (χ1) is 12.3. The van der Waals surface area contributed by atoms with E-state index in [0.29, 0.717) is 24.9 Å². The van der Waals surface area contributed by atoms with Crippen molar-refractivity contribution in [1.82, 2.24) is 10.2 Å². The van der Waals surface area contributed by atoms with Crippen LogP contribution in [0, 0.1) is 5.92 Å². The second-order valence-corrected chi connectivity index (χ2v) is 6.67. The number of benzene rings is 1. The number of carbonyl (C=O) groups is 1. The third-order valence-electron chi connectivity index (χ3n) is 5.03. The van der Waals surface area contributed by atoms with Crippen molar-refractivity contribution in [2.45, 2.75) is 18.9 Å². The maximum Gasteiger partial charge on any atom is 0.224 e. The zero-order valence-corrected chi connectivity index (χ0v) is 14.9. The first-order valence-electron chi connectivity index (χ1n) is 9.05. The predicted octanol–water partition coefficient (Wildman–Crippen LogP) is 1.09. The third kappa shape index (κ3) is 5.17. The molecule has 1 amide bonds. The standard InChI is InChI=1S/C19H28N2O4/c1-23-17-4-2-3-15(11-17)12-19(22)20-13-18(16-5-8-25-14-16)21-6-9-24-10-7-21/h2-4,11,16,18H,5-10,12-14H2,1H3,(H,20,22)/t16-,18-/m1/s1. The van der Waals surface area contributed by atoms with Gasteiger partial charge in [-0.1, -0.05) is 12.1 Å². The number of nitrogens with zero attached hydrogens (tertiary/aromatic N) is 1. The predicted molar refractivity (Wildman–Crippen MR) is 94.8 cm³/mol. The van der Waals surface area contributed by atoms with Gasteiger partial charge in [0, 0.05) is 38.2 Å². The lowest BCUT2D eigenvalue weighted by atomic mass is 9.96. The summed E-state index contributed by atoms with van der Waals surface area (Å²) in [5.41, 5.74) is 0.962. The first-order valence-corrected chi connectivity index (χ1v) is 9.05. The van der Waals surface area contributed by atoms with Crippen LogP contribution in [0.15, 0.2) is 24.3 Å². The van der Waals surface area contributed by atoms with Gasteiger partial charge in [-0.2, -0.15) is 0 Å². The zero-order valence-electron chi connectivity index (χ0n) is 14.9. The average molecular weight is 348 g/mol. The van der Waals surface area contributed by atoms with E-state index in [1.54, 1.807) is 7.11 Å². The molecule has 1 aromatic carbocycles. The summed E-state index contributed by atoms with van der Waals surface area (Å²) in [5, 5.41) is 3.13. The molecular weight excluding hydrogens is 320 g/mol. The highest BCUT2D eigenvalue weighted by Crippen LogP contribution is 2.22. The Morgan fingerprint density at radius 3 is 2.88 bits per heavy atom. The molecule has 0 aromatic heterocycles. The van der Waals surface area contributed by atoms with Crippen molar-refractivity contribution in [3.8, 4) is 5.75 Å². The number of carbonyl (C=O) groups excluding carboxylic acids is 1. The van der Waals surface area contributed by atoms with Crippen LogP contribution >= 0.6 is 0 Å². The fraction of sp³-hybridized carbons (Fsp3) is 0.632. The van der Waals surface area contributed by atoms with Gasteiger partial charge >= 0.3 is 0 Å². The number of amides is 1. The zero-order chi connectivity index (χ0) is 17.5. The van der Waals surface area contributed by atoms with E-state index >= 15 is 0 Å². The number of hydrogen-bond donors (Lipinski definition) is 1. The maximum absolute atomic E-state index is 12.4. The highest BCUT2D eigenvalue weighted by Gasteiger charge is 2.31. The molecule has 0 unspecified atom stereocenters. The van der Waals surface area contributed by atoms with E-state index in [9.17, 15) is 4.79 Å². The topological polar surface area (TPSA) is 60.0 Å². The van der Waals surface area contributed by atoms with Gasteiger partial charge < -0.3 is 19.5 Å². The quantitative estimate of drug-likeness (QED) is 0.799. The molecule has 1 N–H and O–H groups in total. The molecule has 6 nitrogen and oxygen atoms in total. The van der Waals surface area contributed by atoms with Gasteiger partial charge in [-0.25, -0.2) is 0 Å². The third-order valence-corrected chi connectivity index (χ3v) is 5.03. The fourth-order valence-electron chi connectivity index (χ4n) is 3.61. The van der Waals surface area contributed by atoms with Gasteiger partial charge in [-0.05, 0) is 24.1 Å². The Bertz CT molecular complexity index is 554. The Kier molecular flexibility index (Phi) is 6.67.